The van der Waals surface area contributed by atoms with Crippen LogP contribution in [0.15, 0.2) is 10.5 Å². The summed E-state index contributed by atoms with van der Waals surface area (Å²) in [5.41, 5.74) is -0.0432. The molecular formula is C11H18BrNO2S. The Morgan fingerprint density at radius 1 is 1.56 bits per heavy atom. The van der Waals surface area contributed by atoms with Crippen molar-refractivity contribution in [1.82, 2.24) is 5.32 Å². The van der Waals surface area contributed by atoms with E-state index < -0.39 is 0 Å². The molecule has 0 unspecified atom stereocenters. The normalized spacial score (nSPS) is 11.8. The molecule has 0 aliphatic carbocycles. The molecule has 2 N–H and O–H groups in total. The van der Waals surface area contributed by atoms with Crippen LogP contribution in [-0.4, -0.2) is 24.4 Å². The monoisotopic (exact) mass is 307 g/mol. The van der Waals surface area contributed by atoms with E-state index in [-0.39, 0.29) is 12.1 Å². The summed E-state index contributed by atoms with van der Waals surface area (Å²) in [6.45, 7) is 5.17. The lowest BCUT2D eigenvalue weighted by Gasteiger charge is -2.25. The molecular weight excluding hydrogens is 290 g/mol. The van der Waals surface area contributed by atoms with Crippen molar-refractivity contribution >= 4 is 27.3 Å². The van der Waals surface area contributed by atoms with Crippen LogP contribution in [0.25, 0.3) is 0 Å². The van der Waals surface area contributed by atoms with Gasteiger partial charge in [0.25, 0.3) is 0 Å². The smallest absolute Gasteiger partial charge is 0.188 e. The van der Waals surface area contributed by atoms with E-state index in [2.05, 4.69) is 41.2 Å². The average Bonchev–Trinajstić information content (AvgIpc) is 2.56. The Morgan fingerprint density at radius 2 is 2.25 bits per heavy atom. The maximum absolute atomic E-state index is 8.92. The molecule has 0 aliphatic heterocycles. The van der Waals surface area contributed by atoms with E-state index in [1.807, 2.05) is 0 Å². The van der Waals surface area contributed by atoms with Gasteiger partial charge in [-0.25, -0.2) is 0 Å². The first-order valence-corrected chi connectivity index (χ1v) is 6.77. The Balaban J connectivity index is 2.54. The molecule has 1 aromatic rings. The topological polar surface area (TPSA) is 41.5 Å². The fraction of sp³-hybridized carbons (Fsp3) is 0.636. The zero-order chi connectivity index (χ0) is 12.2. The van der Waals surface area contributed by atoms with Crippen LogP contribution in [0.5, 0.6) is 5.06 Å². The number of hydrogen-bond donors (Lipinski definition) is 2. The Morgan fingerprint density at radius 3 is 2.75 bits per heavy atom. The molecule has 1 rings (SSSR count). The summed E-state index contributed by atoms with van der Waals surface area (Å²) in [5, 5.41) is 13.2. The van der Waals surface area contributed by atoms with E-state index >= 15 is 0 Å². The van der Waals surface area contributed by atoms with Crippen molar-refractivity contribution in [2.24, 2.45) is 0 Å². The first-order valence-electron chi connectivity index (χ1n) is 5.16. The van der Waals surface area contributed by atoms with Gasteiger partial charge in [-0.1, -0.05) is 0 Å². The molecule has 0 saturated heterocycles. The summed E-state index contributed by atoms with van der Waals surface area (Å²) in [4.78, 5) is 1.22. The first kappa shape index (κ1) is 14.0. The van der Waals surface area contributed by atoms with Crippen LogP contribution in [0, 0.1) is 0 Å². The van der Waals surface area contributed by atoms with E-state index in [1.165, 1.54) is 4.88 Å². The number of methoxy groups -OCH3 is 1. The van der Waals surface area contributed by atoms with Crippen molar-refractivity contribution < 1.29 is 9.84 Å². The number of rotatable bonds is 6. The van der Waals surface area contributed by atoms with Gasteiger partial charge in [-0.05, 0) is 42.3 Å². The van der Waals surface area contributed by atoms with Crippen molar-refractivity contribution in [2.45, 2.75) is 32.4 Å². The zero-order valence-corrected chi connectivity index (χ0v) is 12.2. The van der Waals surface area contributed by atoms with Crippen LogP contribution in [0.3, 0.4) is 0 Å². The maximum atomic E-state index is 8.92. The number of halogens is 1. The second-order valence-electron chi connectivity index (χ2n) is 4.26. The number of thiophene rings is 1. The van der Waals surface area contributed by atoms with Gasteiger partial charge in [-0.15, -0.1) is 11.3 Å². The summed E-state index contributed by atoms with van der Waals surface area (Å²) < 4.78 is 6.21. The summed E-state index contributed by atoms with van der Waals surface area (Å²) in [6.07, 6.45) is 0.747. The van der Waals surface area contributed by atoms with Gasteiger partial charge in [0, 0.05) is 23.6 Å². The highest BCUT2D eigenvalue weighted by atomic mass is 79.9. The highest BCUT2D eigenvalue weighted by Gasteiger charge is 2.16. The first-order chi connectivity index (χ1) is 7.48. The lowest BCUT2D eigenvalue weighted by molar-refractivity contribution is 0.230. The molecule has 3 nitrogen and oxygen atoms in total. The van der Waals surface area contributed by atoms with Gasteiger partial charge in [0.05, 0.1) is 11.6 Å². The van der Waals surface area contributed by atoms with E-state index in [0.29, 0.717) is 0 Å². The maximum Gasteiger partial charge on any atom is 0.188 e. The van der Waals surface area contributed by atoms with Gasteiger partial charge in [-0.3, -0.25) is 0 Å². The Hall–Kier alpha value is -0.100. The largest absolute Gasteiger partial charge is 0.486 e. The Bertz CT molecular complexity index is 339. The quantitative estimate of drug-likeness (QED) is 0.849. The van der Waals surface area contributed by atoms with E-state index in [0.717, 1.165) is 22.5 Å². The number of aliphatic hydroxyl groups is 1. The molecule has 1 aromatic heterocycles. The standard InChI is InChI=1S/C11H18BrNO2S/c1-11(2,4-5-14)13-7-8-6-9(12)10(15-3)16-8/h6,13-14H,4-5,7H2,1-3H3. The minimum absolute atomic E-state index is 0.0432. The van der Waals surface area contributed by atoms with Gasteiger partial charge in [0.15, 0.2) is 5.06 Å². The third-order valence-electron chi connectivity index (χ3n) is 2.37. The molecule has 5 heteroatoms. The minimum Gasteiger partial charge on any atom is -0.486 e. The molecule has 0 aliphatic rings. The lowest BCUT2D eigenvalue weighted by Crippen LogP contribution is -2.39. The van der Waals surface area contributed by atoms with E-state index in [4.69, 9.17) is 9.84 Å². The van der Waals surface area contributed by atoms with Crippen molar-refractivity contribution in [3.05, 3.63) is 15.4 Å². The van der Waals surface area contributed by atoms with Crippen LogP contribution in [0.2, 0.25) is 0 Å². The Kier molecular flexibility index (Phi) is 5.24. The summed E-state index contributed by atoms with van der Waals surface area (Å²) >= 11 is 5.07. The highest BCUT2D eigenvalue weighted by molar-refractivity contribution is 9.10. The highest BCUT2D eigenvalue weighted by Crippen LogP contribution is 2.34. The fourth-order valence-corrected chi connectivity index (χ4v) is 2.95. The Labute approximate surface area is 109 Å². The summed E-state index contributed by atoms with van der Waals surface area (Å²) in [6, 6.07) is 2.06. The lowest BCUT2D eigenvalue weighted by atomic mass is 10.0. The molecule has 0 spiro atoms. The van der Waals surface area contributed by atoms with Crippen LogP contribution < -0.4 is 10.1 Å². The van der Waals surface area contributed by atoms with E-state index in [9.17, 15) is 0 Å². The van der Waals surface area contributed by atoms with Gasteiger partial charge >= 0.3 is 0 Å². The molecule has 0 saturated carbocycles. The van der Waals surface area contributed by atoms with E-state index in [1.54, 1.807) is 18.4 Å². The van der Waals surface area contributed by atoms with Gasteiger partial charge in [0.1, 0.15) is 0 Å². The zero-order valence-electron chi connectivity index (χ0n) is 9.84. The molecule has 0 aromatic carbocycles. The molecule has 0 amide bonds. The average molecular weight is 308 g/mol. The van der Waals surface area contributed by atoms with Crippen LogP contribution >= 0.6 is 27.3 Å². The minimum atomic E-state index is -0.0432. The van der Waals surface area contributed by atoms with Crippen LogP contribution in [0.1, 0.15) is 25.1 Å². The number of ether oxygens (including phenoxy) is 1. The molecule has 1 heterocycles. The third-order valence-corrected chi connectivity index (χ3v) is 4.32. The third kappa shape index (κ3) is 4.05. The van der Waals surface area contributed by atoms with Crippen LogP contribution in [0.4, 0.5) is 0 Å². The van der Waals surface area contributed by atoms with Crippen molar-refractivity contribution in [3.8, 4) is 5.06 Å². The predicted molar refractivity (Wildman–Crippen MR) is 71.2 cm³/mol. The van der Waals surface area contributed by atoms with Crippen molar-refractivity contribution in [3.63, 3.8) is 0 Å². The van der Waals surface area contributed by atoms with Gasteiger partial charge < -0.3 is 15.2 Å². The molecule has 0 atom stereocenters. The summed E-state index contributed by atoms with van der Waals surface area (Å²) in [7, 11) is 1.67. The second-order valence-corrected chi connectivity index (χ2v) is 6.22. The number of aliphatic hydroxyl groups excluding tert-OH is 1. The molecule has 0 radical (unpaired) electrons. The molecule has 0 fully saturated rings. The second kappa shape index (κ2) is 6.00. The van der Waals surface area contributed by atoms with Crippen LogP contribution in [-0.2, 0) is 6.54 Å². The molecule has 92 valence electrons. The summed E-state index contributed by atoms with van der Waals surface area (Å²) in [5.74, 6) is 0. The molecule has 0 bridgehead atoms. The van der Waals surface area contributed by atoms with Gasteiger partial charge in [-0.2, -0.15) is 0 Å². The number of nitrogens with one attached hydrogen (secondary N) is 1. The fourth-order valence-electron chi connectivity index (χ4n) is 1.32. The predicted octanol–water partition coefficient (Wildman–Crippen LogP) is 2.77. The van der Waals surface area contributed by atoms with Crippen molar-refractivity contribution in [1.29, 1.82) is 0 Å². The molecule has 16 heavy (non-hydrogen) atoms. The SMILES string of the molecule is COc1sc(CNC(C)(C)CCO)cc1Br. The van der Waals surface area contributed by atoms with Crippen molar-refractivity contribution in [2.75, 3.05) is 13.7 Å². The van der Waals surface area contributed by atoms with Gasteiger partial charge in [0.2, 0.25) is 0 Å². The number of hydrogen-bond acceptors (Lipinski definition) is 4.